The van der Waals surface area contributed by atoms with Crippen LogP contribution in [0.15, 0.2) is 29.3 Å². The Morgan fingerprint density at radius 2 is 1.95 bits per heavy atom. The van der Waals surface area contributed by atoms with Crippen LogP contribution in [0.1, 0.15) is 31.2 Å². The van der Waals surface area contributed by atoms with Crippen molar-refractivity contribution in [3.05, 3.63) is 35.6 Å². The van der Waals surface area contributed by atoms with Crippen molar-refractivity contribution in [3.63, 3.8) is 0 Å². The van der Waals surface area contributed by atoms with E-state index in [0.29, 0.717) is 0 Å². The minimum Gasteiger partial charge on any atom is -0.356 e. The van der Waals surface area contributed by atoms with Crippen LogP contribution in [0.25, 0.3) is 0 Å². The summed E-state index contributed by atoms with van der Waals surface area (Å²) in [6.45, 7) is 2.78. The number of hydrogen-bond acceptors (Lipinski definition) is 3. The molecule has 0 aromatic heterocycles. The maximum Gasteiger partial charge on any atom is 0.191 e. The van der Waals surface area contributed by atoms with E-state index in [1.165, 1.54) is 24.8 Å². The zero-order chi connectivity index (χ0) is 13.1. The summed E-state index contributed by atoms with van der Waals surface area (Å²) in [5.74, 6) is 0.754. The number of aliphatic imine (C=N–C) groups is 1. The Bertz CT molecular complexity index is 469. The van der Waals surface area contributed by atoms with Gasteiger partial charge in [0.15, 0.2) is 5.96 Å². The SMILES string of the molecule is Fc1ccc(C2(CNC3=NCCCN3)CCC2)cc1.I. The van der Waals surface area contributed by atoms with Crippen molar-refractivity contribution in [1.82, 2.24) is 10.6 Å². The topological polar surface area (TPSA) is 36.4 Å². The van der Waals surface area contributed by atoms with Crippen molar-refractivity contribution < 1.29 is 4.39 Å². The molecule has 0 radical (unpaired) electrons. The number of nitrogens with zero attached hydrogens (tertiary/aromatic N) is 1. The maximum atomic E-state index is 13.0. The highest BCUT2D eigenvalue weighted by Gasteiger charge is 2.38. The normalized spacial score (nSPS) is 19.9. The first-order chi connectivity index (χ1) is 9.28. The second kappa shape index (κ2) is 6.74. The predicted molar refractivity (Wildman–Crippen MR) is 90.3 cm³/mol. The van der Waals surface area contributed by atoms with Gasteiger partial charge in [-0.25, -0.2) is 4.39 Å². The van der Waals surface area contributed by atoms with Crippen molar-refractivity contribution in [1.29, 1.82) is 0 Å². The Kier molecular flexibility index (Phi) is 5.23. The third-order valence-corrected chi connectivity index (χ3v) is 4.26. The summed E-state index contributed by atoms with van der Waals surface area (Å²) < 4.78 is 13.0. The first-order valence-electron chi connectivity index (χ1n) is 7.07. The number of hydrogen-bond donors (Lipinski definition) is 2. The lowest BCUT2D eigenvalue weighted by Gasteiger charge is -2.43. The molecule has 3 rings (SSSR count). The lowest BCUT2D eigenvalue weighted by molar-refractivity contribution is 0.243. The highest BCUT2D eigenvalue weighted by atomic mass is 127. The van der Waals surface area contributed by atoms with Crippen molar-refractivity contribution in [2.75, 3.05) is 19.6 Å². The van der Waals surface area contributed by atoms with Crippen molar-refractivity contribution in [2.24, 2.45) is 4.99 Å². The third kappa shape index (κ3) is 3.24. The molecule has 0 spiro atoms. The molecule has 5 heteroatoms. The van der Waals surface area contributed by atoms with Crippen molar-refractivity contribution >= 4 is 29.9 Å². The molecule has 2 aliphatic rings. The van der Waals surface area contributed by atoms with Gasteiger partial charge in [-0.3, -0.25) is 4.99 Å². The van der Waals surface area contributed by atoms with Crippen LogP contribution in [-0.2, 0) is 5.41 Å². The van der Waals surface area contributed by atoms with Crippen LogP contribution in [-0.4, -0.2) is 25.6 Å². The van der Waals surface area contributed by atoms with Gasteiger partial charge in [-0.15, -0.1) is 24.0 Å². The van der Waals surface area contributed by atoms with E-state index in [9.17, 15) is 4.39 Å². The van der Waals surface area contributed by atoms with E-state index in [-0.39, 0.29) is 35.2 Å². The van der Waals surface area contributed by atoms with Crippen LogP contribution in [0.3, 0.4) is 0 Å². The Morgan fingerprint density at radius 3 is 2.50 bits per heavy atom. The summed E-state index contributed by atoms with van der Waals surface area (Å²) in [5.41, 5.74) is 1.40. The quantitative estimate of drug-likeness (QED) is 0.781. The monoisotopic (exact) mass is 389 g/mol. The lowest BCUT2D eigenvalue weighted by atomic mass is 9.64. The van der Waals surface area contributed by atoms with Crippen LogP contribution in [0, 0.1) is 5.82 Å². The molecule has 1 saturated carbocycles. The molecule has 20 heavy (non-hydrogen) atoms. The van der Waals surface area contributed by atoms with Crippen LogP contribution in [0.2, 0.25) is 0 Å². The molecule has 1 aromatic carbocycles. The van der Waals surface area contributed by atoms with E-state index in [4.69, 9.17) is 0 Å². The minimum absolute atomic E-state index is 0. The van der Waals surface area contributed by atoms with Gasteiger partial charge < -0.3 is 10.6 Å². The van der Waals surface area contributed by atoms with Crippen LogP contribution in [0.5, 0.6) is 0 Å². The first-order valence-corrected chi connectivity index (χ1v) is 7.07. The summed E-state index contributed by atoms with van der Waals surface area (Å²) in [6, 6.07) is 6.97. The number of guanidine groups is 1. The van der Waals surface area contributed by atoms with E-state index < -0.39 is 0 Å². The molecular weight excluding hydrogens is 368 g/mol. The summed E-state index contributed by atoms with van der Waals surface area (Å²) in [5, 5.41) is 6.70. The van der Waals surface area contributed by atoms with Gasteiger partial charge in [0.05, 0.1) is 0 Å². The molecule has 0 saturated heterocycles. The molecule has 1 fully saturated rings. The summed E-state index contributed by atoms with van der Waals surface area (Å²) >= 11 is 0. The molecule has 2 N–H and O–H groups in total. The lowest BCUT2D eigenvalue weighted by Crippen LogP contribution is -2.50. The average molecular weight is 389 g/mol. The van der Waals surface area contributed by atoms with Crippen LogP contribution < -0.4 is 10.6 Å². The van der Waals surface area contributed by atoms with Gasteiger partial charge >= 0.3 is 0 Å². The van der Waals surface area contributed by atoms with Gasteiger partial charge in [0, 0.05) is 25.0 Å². The predicted octanol–water partition coefficient (Wildman–Crippen LogP) is 2.80. The smallest absolute Gasteiger partial charge is 0.191 e. The molecule has 3 nitrogen and oxygen atoms in total. The zero-order valence-corrected chi connectivity index (χ0v) is 13.8. The molecule has 1 aliphatic heterocycles. The molecule has 0 atom stereocenters. The minimum atomic E-state index is -0.162. The largest absolute Gasteiger partial charge is 0.356 e. The second-order valence-corrected chi connectivity index (χ2v) is 5.50. The molecule has 0 bridgehead atoms. The maximum absolute atomic E-state index is 13.0. The van der Waals surface area contributed by atoms with Gasteiger partial charge in [-0.2, -0.15) is 0 Å². The molecule has 0 unspecified atom stereocenters. The number of benzene rings is 1. The molecular formula is C15H21FIN3. The van der Waals surface area contributed by atoms with E-state index in [2.05, 4.69) is 15.6 Å². The molecule has 1 aromatic rings. The molecule has 0 amide bonds. The highest BCUT2D eigenvalue weighted by molar-refractivity contribution is 14.0. The number of nitrogens with one attached hydrogen (secondary N) is 2. The fraction of sp³-hybridized carbons (Fsp3) is 0.533. The zero-order valence-electron chi connectivity index (χ0n) is 11.5. The highest BCUT2D eigenvalue weighted by Crippen LogP contribution is 2.43. The Labute approximate surface area is 136 Å². The van der Waals surface area contributed by atoms with E-state index in [1.807, 2.05) is 12.1 Å². The fourth-order valence-corrected chi connectivity index (χ4v) is 2.88. The Hall–Kier alpha value is -0.850. The third-order valence-electron chi connectivity index (χ3n) is 4.26. The average Bonchev–Trinajstić information content (AvgIpc) is 2.41. The van der Waals surface area contributed by atoms with E-state index in [1.54, 1.807) is 12.1 Å². The van der Waals surface area contributed by atoms with Gasteiger partial charge in [-0.05, 0) is 37.0 Å². The number of rotatable bonds is 3. The van der Waals surface area contributed by atoms with Gasteiger partial charge in [0.1, 0.15) is 5.82 Å². The van der Waals surface area contributed by atoms with Crippen LogP contribution >= 0.6 is 24.0 Å². The Balaban J connectivity index is 0.00000147. The summed E-state index contributed by atoms with van der Waals surface area (Å²) in [7, 11) is 0. The molecule has 1 aliphatic carbocycles. The number of halogens is 2. The molecule has 110 valence electrons. The summed E-state index contributed by atoms with van der Waals surface area (Å²) in [6.07, 6.45) is 4.69. The standard InChI is InChI=1S/C15H20FN3.HI/c16-13-5-3-12(4-6-13)15(7-1-8-15)11-19-14-17-9-2-10-18-14;/h3-6H,1-2,7-11H2,(H2,17,18,19);1H. The van der Waals surface area contributed by atoms with Crippen molar-refractivity contribution in [2.45, 2.75) is 31.1 Å². The summed E-state index contributed by atoms with van der Waals surface area (Å²) in [4.78, 5) is 4.43. The fourth-order valence-electron chi connectivity index (χ4n) is 2.88. The van der Waals surface area contributed by atoms with E-state index in [0.717, 1.165) is 32.0 Å². The first kappa shape index (κ1) is 15.5. The second-order valence-electron chi connectivity index (χ2n) is 5.50. The van der Waals surface area contributed by atoms with Gasteiger partial charge in [-0.1, -0.05) is 18.6 Å². The van der Waals surface area contributed by atoms with Gasteiger partial charge in [0.2, 0.25) is 0 Å². The van der Waals surface area contributed by atoms with Crippen LogP contribution in [0.4, 0.5) is 4.39 Å². The van der Waals surface area contributed by atoms with Gasteiger partial charge in [0.25, 0.3) is 0 Å². The van der Waals surface area contributed by atoms with Crippen molar-refractivity contribution in [3.8, 4) is 0 Å². The molecule has 1 heterocycles. The van der Waals surface area contributed by atoms with E-state index >= 15 is 0 Å². The Morgan fingerprint density at radius 1 is 1.20 bits per heavy atom.